The molecule has 1 heterocycles. The van der Waals surface area contributed by atoms with Gasteiger partial charge < -0.3 is 15.4 Å². The van der Waals surface area contributed by atoms with Crippen LogP contribution < -0.4 is 15.4 Å². The molecule has 16 heavy (non-hydrogen) atoms. The van der Waals surface area contributed by atoms with Crippen molar-refractivity contribution >= 4 is 0 Å². The molecule has 0 saturated carbocycles. The molecule has 2 atom stereocenters. The molecule has 0 radical (unpaired) electrons. The number of rotatable bonds is 4. The van der Waals surface area contributed by atoms with Gasteiger partial charge in [0.1, 0.15) is 5.75 Å². The Hall–Kier alpha value is -1.06. The molecule has 1 aromatic carbocycles. The smallest absolute Gasteiger partial charge is 0.119 e. The number of nitrogens with one attached hydrogen (secondary N) is 2. The summed E-state index contributed by atoms with van der Waals surface area (Å²) in [5, 5.41) is 6.98. The van der Waals surface area contributed by atoms with Crippen LogP contribution in [0.15, 0.2) is 30.3 Å². The summed E-state index contributed by atoms with van der Waals surface area (Å²) in [6.45, 7) is 5.12. The maximum absolute atomic E-state index is 5.69. The summed E-state index contributed by atoms with van der Waals surface area (Å²) in [5.74, 6) is 0.957. The second-order valence-corrected chi connectivity index (χ2v) is 4.25. The van der Waals surface area contributed by atoms with Crippen LogP contribution in [0.5, 0.6) is 5.75 Å². The highest BCUT2D eigenvalue weighted by atomic mass is 16.5. The highest BCUT2D eigenvalue weighted by Gasteiger charge is 2.19. The Kier molecular flexibility index (Phi) is 4.19. The summed E-state index contributed by atoms with van der Waals surface area (Å²) >= 11 is 0. The maximum atomic E-state index is 5.69. The predicted molar refractivity (Wildman–Crippen MR) is 65.8 cm³/mol. The molecule has 1 saturated heterocycles. The number of ether oxygens (including phenoxy) is 1. The molecule has 0 aliphatic carbocycles. The van der Waals surface area contributed by atoms with E-state index in [1.807, 2.05) is 30.3 Å². The second-order valence-electron chi connectivity index (χ2n) is 4.25. The maximum Gasteiger partial charge on any atom is 0.119 e. The van der Waals surface area contributed by atoms with Gasteiger partial charge in [0.05, 0.1) is 6.61 Å². The Balaban J connectivity index is 1.71. The van der Waals surface area contributed by atoms with E-state index in [1.54, 1.807) is 0 Å². The summed E-state index contributed by atoms with van der Waals surface area (Å²) in [6, 6.07) is 11.1. The van der Waals surface area contributed by atoms with Crippen molar-refractivity contribution in [1.29, 1.82) is 0 Å². The van der Waals surface area contributed by atoms with E-state index in [0.29, 0.717) is 12.1 Å². The monoisotopic (exact) mass is 220 g/mol. The molecule has 1 aliphatic heterocycles. The van der Waals surface area contributed by atoms with Crippen LogP contribution >= 0.6 is 0 Å². The Morgan fingerprint density at radius 1 is 1.19 bits per heavy atom. The Labute approximate surface area is 97.2 Å². The summed E-state index contributed by atoms with van der Waals surface area (Å²) in [7, 11) is 0. The van der Waals surface area contributed by atoms with Gasteiger partial charge in [-0.1, -0.05) is 18.2 Å². The van der Waals surface area contributed by atoms with E-state index in [4.69, 9.17) is 4.74 Å². The lowest BCUT2D eigenvalue weighted by Gasteiger charge is -2.31. The molecule has 1 aliphatic rings. The first-order valence-corrected chi connectivity index (χ1v) is 6.01. The molecule has 0 spiro atoms. The van der Waals surface area contributed by atoms with Crippen LogP contribution in [0.4, 0.5) is 0 Å². The highest BCUT2D eigenvalue weighted by Crippen LogP contribution is 2.10. The second kappa shape index (κ2) is 5.87. The van der Waals surface area contributed by atoms with Gasteiger partial charge in [-0.15, -0.1) is 0 Å². The van der Waals surface area contributed by atoms with Gasteiger partial charge >= 0.3 is 0 Å². The summed E-state index contributed by atoms with van der Waals surface area (Å²) in [6.07, 6.45) is 1.04. The van der Waals surface area contributed by atoms with Crippen LogP contribution in [-0.2, 0) is 0 Å². The molecule has 0 unspecified atom stereocenters. The van der Waals surface area contributed by atoms with E-state index in [0.717, 1.165) is 31.9 Å². The minimum atomic E-state index is 0.525. The molecule has 3 nitrogen and oxygen atoms in total. The van der Waals surface area contributed by atoms with Crippen molar-refractivity contribution in [1.82, 2.24) is 10.6 Å². The number of hydrogen-bond acceptors (Lipinski definition) is 3. The molecular weight excluding hydrogens is 200 g/mol. The zero-order valence-corrected chi connectivity index (χ0v) is 9.78. The SMILES string of the molecule is C[C@H]1NCCN[C@@H]1CCOc1ccccc1. The molecule has 2 N–H and O–H groups in total. The first kappa shape index (κ1) is 11.4. The van der Waals surface area contributed by atoms with Gasteiger partial charge in [0.25, 0.3) is 0 Å². The van der Waals surface area contributed by atoms with Gasteiger partial charge in [-0.25, -0.2) is 0 Å². The number of hydrogen-bond donors (Lipinski definition) is 2. The van der Waals surface area contributed by atoms with Crippen LogP contribution in [0.3, 0.4) is 0 Å². The van der Waals surface area contributed by atoms with E-state index in [9.17, 15) is 0 Å². The fraction of sp³-hybridized carbons (Fsp3) is 0.538. The average Bonchev–Trinajstić information content (AvgIpc) is 2.33. The minimum Gasteiger partial charge on any atom is -0.494 e. The molecule has 88 valence electrons. The standard InChI is InChI=1S/C13H20N2O/c1-11-13(15-9-8-14-11)7-10-16-12-5-3-2-4-6-12/h2-6,11,13-15H,7-10H2,1H3/t11-,13-/m1/s1. The molecule has 1 aromatic rings. The van der Waals surface area contributed by atoms with Gasteiger partial charge in [0.2, 0.25) is 0 Å². The van der Waals surface area contributed by atoms with Gasteiger partial charge in [0, 0.05) is 25.2 Å². The molecule has 2 rings (SSSR count). The van der Waals surface area contributed by atoms with Crippen molar-refractivity contribution in [2.24, 2.45) is 0 Å². The van der Waals surface area contributed by atoms with Crippen molar-refractivity contribution in [2.45, 2.75) is 25.4 Å². The van der Waals surface area contributed by atoms with E-state index >= 15 is 0 Å². The predicted octanol–water partition coefficient (Wildman–Crippen LogP) is 1.41. The van der Waals surface area contributed by atoms with Gasteiger partial charge in [-0.3, -0.25) is 0 Å². The van der Waals surface area contributed by atoms with Crippen molar-refractivity contribution in [3.05, 3.63) is 30.3 Å². The summed E-state index contributed by atoms with van der Waals surface area (Å²) < 4.78 is 5.69. The van der Waals surface area contributed by atoms with Crippen LogP contribution in [0, 0.1) is 0 Å². The van der Waals surface area contributed by atoms with Crippen molar-refractivity contribution < 1.29 is 4.74 Å². The zero-order chi connectivity index (χ0) is 11.2. The molecule has 3 heteroatoms. The minimum absolute atomic E-state index is 0.525. The van der Waals surface area contributed by atoms with E-state index < -0.39 is 0 Å². The fourth-order valence-electron chi connectivity index (χ4n) is 2.05. The van der Waals surface area contributed by atoms with Gasteiger partial charge in [-0.2, -0.15) is 0 Å². The third-order valence-electron chi connectivity index (χ3n) is 3.04. The number of benzene rings is 1. The molecule has 0 aromatic heterocycles. The Morgan fingerprint density at radius 2 is 1.94 bits per heavy atom. The topological polar surface area (TPSA) is 33.3 Å². The van der Waals surface area contributed by atoms with Crippen LogP contribution in [0.2, 0.25) is 0 Å². The van der Waals surface area contributed by atoms with Gasteiger partial charge in [-0.05, 0) is 25.5 Å². The molecule has 0 amide bonds. The van der Waals surface area contributed by atoms with Crippen LogP contribution in [0.1, 0.15) is 13.3 Å². The lowest BCUT2D eigenvalue weighted by atomic mass is 10.1. The third-order valence-corrected chi connectivity index (χ3v) is 3.04. The van der Waals surface area contributed by atoms with Crippen LogP contribution in [-0.4, -0.2) is 31.8 Å². The lowest BCUT2D eigenvalue weighted by molar-refractivity contribution is 0.249. The lowest BCUT2D eigenvalue weighted by Crippen LogP contribution is -2.54. The van der Waals surface area contributed by atoms with Crippen molar-refractivity contribution in [3.63, 3.8) is 0 Å². The average molecular weight is 220 g/mol. The first-order chi connectivity index (χ1) is 7.86. The normalized spacial score (nSPS) is 25.3. The van der Waals surface area contributed by atoms with Gasteiger partial charge in [0.15, 0.2) is 0 Å². The molecular formula is C13H20N2O. The van der Waals surface area contributed by atoms with E-state index in [1.165, 1.54) is 0 Å². The summed E-state index contributed by atoms with van der Waals surface area (Å²) in [4.78, 5) is 0. The quantitative estimate of drug-likeness (QED) is 0.805. The van der Waals surface area contributed by atoms with Crippen molar-refractivity contribution in [2.75, 3.05) is 19.7 Å². The fourth-order valence-corrected chi connectivity index (χ4v) is 2.05. The Bertz CT molecular complexity index is 302. The van der Waals surface area contributed by atoms with Crippen LogP contribution in [0.25, 0.3) is 0 Å². The first-order valence-electron chi connectivity index (χ1n) is 6.01. The molecule has 1 fully saturated rings. The Morgan fingerprint density at radius 3 is 2.69 bits per heavy atom. The third kappa shape index (κ3) is 3.22. The highest BCUT2D eigenvalue weighted by molar-refractivity contribution is 5.20. The zero-order valence-electron chi connectivity index (χ0n) is 9.78. The summed E-state index contributed by atoms with van der Waals surface area (Å²) in [5.41, 5.74) is 0. The number of piperazine rings is 1. The number of para-hydroxylation sites is 1. The van der Waals surface area contributed by atoms with E-state index in [2.05, 4.69) is 17.6 Å². The molecule has 0 bridgehead atoms. The largest absolute Gasteiger partial charge is 0.494 e. The van der Waals surface area contributed by atoms with E-state index in [-0.39, 0.29) is 0 Å². The van der Waals surface area contributed by atoms with Crippen molar-refractivity contribution in [3.8, 4) is 5.75 Å².